The Bertz CT molecular complexity index is 372. The molecule has 1 aromatic rings. The maximum atomic E-state index is 5.71. The lowest BCUT2D eigenvalue weighted by molar-refractivity contribution is 0.172. The number of hydrogen-bond acceptors (Lipinski definition) is 4. The first-order valence-electron chi connectivity index (χ1n) is 6.33. The molecule has 108 valence electrons. The molecule has 1 atom stereocenters. The number of alkyl halides is 1. The second-order valence-corrected chi connectivity index (χ2v) is 6.08. The lowest BCUT2D eigenvalue weighted by atomic mass is 10.2. The van der Waals surface area contributed by atoms with Gasteiger partial charge in [0.05, 0.1) is 17.8 Å². The van der Waals surface area contributed by atoms with Crippen molar-refractivity contribution in [3.8, 4) is 11.5 Å². The Morgan fingerprint density at radius 2 is 1.89 bits per heavy atom. The maximum Gasteiger partial charge on any atom is 0.123 e. The lowest BCUT2D eigenvalue weighted by Crippen LogP contribution is -2.19. The van der Waals surface area contributed by atoms with E-state index in [-0.39, 0.29) is 0 Å². The molecule has 0 radical (unpaired) electrons. The summed E-state index contributed by atoms with van der Waals surface area (Å²) in [7, 11) is 3.36. The van der Waals surface area contributed by atoms with E-state index in [1.54, 1.807) is 14.2 Å². The van der Waals surface area contributed by atoms with Gasteiger partial charge in [0.1, 0.15) is 11.5 Å². The maximum absolute atomic E-state index is 5.71. The zero-order chi connectivity index (χ0) is 14.1. The number of rotatable bonds is 9. The average molecular weight is 379 g/mol. The van der Waals surface area contributed by atoms with Gasteiger partial charge in [-0.15, -0.1) is 0 Å². The van der Waals surface area contributed by atoms with Gasteiger partial charge in [0.15, 0.2) is 0 Å². The van der Waals surface area contributed by atoms with Crippen molar-refractivity contribution < 1.29 is 14.2 Å². The Morgan fingerprint density at radius 3 is 2.53 bits per heavy atom. The van der Waals surface area contributed by atoms with E-state index < -0.39 is 0 Å². The standard InChI is InChI=1S/C14H22INO3/c1-11(15)16-10-12-7-13(18-3)9-14(8-12)19-6-4-5-17-2/h7-9,11,16H,4-6,10H2,1-3H3/t11-/m1/s1. The highest BCUT2D eigenvalue weighted by molar-refractivity contribution is 14.1. The van der Waals surface area contributed by atoms with Crippen LogP contribution in [-0.2, 0) is 11.3 Å². The minimum absolute atomic E-state index is 0.426. The number of methoxy groups -OCH3 is 2. The normalized spacial score (nSPS) is 12.2. The molecule has 1 rings (SSSR count). The Balaban J connectivity index is 2.60. The minimum atomic E-state index is 0.426. The van der Waals surface area contributed by atoms with Gasteiger partial charge in [-0.3, -0.25) is 0 Å². The summed E-state index contributed by atoms with van der Waals surface area (Å²) in [5.41, 5.74) is 1.16. The van der Waals surface area contributed by atoms with Gasteiger partial charge >= 0.3 is 0 Å². The molecule has 0 aliphatic heterocycles. The fraction of sp³-hybridized carbons (Fsp3) is 0.571. The second-order valence-electron chi connectivity index (χ2n) is 4.21. The summed E-state index contributed by atoms with van der Waals surface area (Å²) >= 11 is 2.34. The summed E-state index contributed by atoms with van der Waals surface area (Å²) in [6.07, 6.45) is 0.881. The van der Waals surface area contributed by atoms with Crippen LogP contribution in [0, 0.1) is 0 Å². The Hall–Kier alpha value is -0.530. The molecule has 0 bridgehead atoms. The van der Waals surface area contributed by atoms with Crippen molar-refractivity contribution in [3.05, 3.63) is 23.8 Å². The van der Waals surface area contributed by atoms with E-state index in [0.29, 0.717) is 17.3 Å². The van der Waals surface area contributed by atoms with Gasteiger partial charge in [-0.2, -0.15) is 0 Å². The Kier molecular flexibility index (Phi) is 8.16. The zero-order valence-electron chi connectivity index (χ0n) is 11.7. The molecular weight excluding hydrogens is 357 g/mol. The number of benzene rings is 1. The zero-order valence-corrected chi connectivity index (χ0v) is 13.9. The van der Waals surface area contributed by atoms with E-state index >= 15 is 0 Å². The third kappa shape index (κ3) is 6.98. The SMILES string of the molecule is COCCCOc1cc(CN[C@H](C)I)cc(OC)c1. The van der Waals surface area contributed by atoms with Crippen LogP contribution in [0.25, 0.3) is 0 Å². The molecule has 0 unspecified atom stereocenters. The molecule has 0 fully saturated rings. The number of ether oxygens (including phenoxy) is 3. The molecule has 1 N–H and O–H groups in total. The predicted molar refractivity (Wildman–Crippen MR) is 85.3 cm³/mol. The summed E-state index contributed by atoms with van der Waals surface area (Å²) in [5.74, 6) is 1.66. The van der Waals surface area contributed by atoms with E-state index in [1.807, 2.05) is 18.2 Å². The molecule has 0 saturated carbocycles. The van der Waals surface area contributed by atoms with Crippen LogP contribution in [0.4, 0.5) is 0 Å². The van der Waals surface area contributed by atoms with Crippen LogP contribution < -0.4 is 14.8 Å². The van der Waals surface area contributed by atoms with Gasteiger partial charge < -0.3 is 19.5 Å². The molecule has 0 saturated heterocycles. The van der Waals surface area contributed by atoms with E-state index in [9.17, 15) is 0 Å². The van der Waals surface area contributed by atoms with E-state index in [2.05, 4.69) is 34.8 Å². The van der Waals surface area contributed by atoms with Crippen LogP contribution >= 0.6 is 22.6 Å². The van der Waals surface area contributed by atoms with Crippen LogP contribution in [-0.4, -0.2) is 31.5 Å². The van der Waals surface area contributed by atoms with Crippen LogP contribution in [0.5, 0.6) is 11.5 Å². The topological polar surface area (TPSA) is 39.7 Å². The molecule has 19 heavy (non-hydrogen) atoms. The molecule has 0 aliphatic carbocycles. The third-order valence-corrected chi connectivity index (χ3v) is 2.96. The van der Waals surface area contributed by atoms with Gasteiger partial charge in [-0.1, -0.05) is 22.6 Å². The van der Waals surface area contributed by atoms with E-state index in [0.717, 1.165) is 30.0 Å². The largest absolute Gasteiger partial charge is 0.497 e. The molecule has 4 nitrogen and oxygen atoms in total. The minimum Gasteiger partial charge on any atom is -0.497 e. The second kappa shape index (κ2) is 9.39. The number of hydrogen-bond donors (Lipinski definition) is 1. The smallest absolute Gasteiger partial charge is 0.123 e. The van der Waals surface area contributed by atoms with Crippen LogP contribution in [0.15, 0.2) is 18.2 Å². The van der Waals surface area contributed by atoms with Gasteiger partial charge in [-0.05, 0) is 24.6 Å². The average Bonchev–Trinajstić information content (AvgIpc) is 2.41. The van der Waals surface area contributed by atoms with Crippen molar-refractivity contribution in [2.75, 3.05) is 27.4 Å². The van der Waals surface area contributed by atoms with Crippen molar-refractivity contribution >= 4 is 22.6 Å². The highest BCUT2D eigenvalue weighted by atomic mass is 127. The van der Waals surface area contributed by atoms with Crippen molar-refractivity contribution in [1.29, 1.82) is 0 Å². The summed E-state index contributed by atoms with van der Waals surface area (Å²) in [6.45, 7) is 4.28. The summed E-state index contributed by atoms with van der Waals surface area (Å²) in [5, 5.41) is 3.37. The number of nitrogens with one attached hydrogen (secondary N) is 1. The van der Waals surface area contributed by atoms with E-state index in [1.165, 1.54) is 0 Å². The van der Waals surface area contributed by atoms with Gasteiger partial charge in [0, 0.05) is 32.7 Å². The predicted octanol–water partition coefficient (Wildman–Crippen LogP) is 2.98. The van der Waals surface area contributed by atoms with Crippen molar-refractivity contribution in [1.82, 2.24) is 5.32 Å². The van der Waals surface area contributed by atoms with Crippen LogP contribution in [0.3, 0.4) is 0 Å². The first-order valence-corrected chi connectivity index (χ1v) is 7.57. The van der Waals surface area contributed by atoms with Crippen LogP contribution in [0.1, 0.15) is 18.9 Å². The Labute approximate surface area is 129 Å². The summed E-state index contributed by atoms with van der Waals surface area (Å²) in [4.78, 5) is 0. The van der Waals surface area contributed by atoms with Crippen LogP contribution in [0.2, 0.25) is 0 Å². The van der Waals surface area contributed by atoms with Crippen molar-refractivity contribution in [3.63, 3.8) is 0 Å². The van der Waals surface area contributed by atoms with Crippen molar-refractivity contribution in [2.24, 2.45) is 0 Å². The van der Waals surface area contributed by atoms with Gasteiger partial charge in [0.2, 0.25) is 0 Å². The Morgan fingerprint density at radius 1 is 1.16 bits per heavy atom. The third-order valence-electron chi connectivity index (χ3n) is 2.52. The van der Waals surface area contributed by atoms with Gasteiger partial charge in [-0.25, -0.2) is 0 Å². The highest BCUT2D eigenvalue weighted by Gasteiger charge is 2.04. The molecule has 5 heteroatoms. The van der Waals surface area contributed by atoms with Gasteiger partial charge in [0.25, 0.3) is 0 Å². The number of halogens is 1. The quantitative estimate of drug-likeness (QED) is 0.310. The first-order chi connectivity index (χ1) is 9.15. The fourth-order valence-electron chi connectivity index (χ4n) is 1.59. The first kappa shape index (κ1) is 16.5. The fourth-order valence-corrected chi connectivity index (χ4v) is 1.81. The molecule has 1 aromatic carbocycles. The molecule has 0 aromatic heterocycles. The summed E-state index contributed by atoms with van der Waals surface area (Å²) < 4.78 is 16.4. The molecule has 0 amide bonds. The molecule has 0 spiro atoms. The summed E-state index contributed by atoms with van der Waals surface area (Å²) in [6, 6.07) is 5.97. The highest BCUT2D eigenvalue weighted by Crippen LogP contribution is 2.23. The van der Waals surface area contributed by atoms with E-state index in [4.69, 9.17) is 14.2 Å². The van der Waals surface area contributed by atoms with Crippen molar-refractivity contribution in [2.45, 2.75) is 23.9 Å². The lowest BCUT2D eigenvalue weighted by Gasteiger charge is -2.12. The molecule has 0 aliphatic rings. The monoisotopic (exact) mass is 379 g/mol. The molecule has 0 heterocycles. The molecular formula is C14H22INO3.